The summed E-state index contributed by atoms with van der Waals surface area (Å²) in [6.45, 7) is 6.72. The molecule has 92 valence electrons. The van der Waals surface area contributed by atoms with Crippen LogP contribution in [0.25, 0.3) is 0 Å². The number of rotatable bonds is 4. The lowest BCUT2D eigenvalue weighted by Crippen LogP contribution is -2.26. The third kappa shape index (κ3) is 2.21. The molecule has 0 spiro atoms. The molecule has 0 saturated carbocycles. The highest BCUT2D eigenvalue weighted by Crippen LogP contribution is 2.39. The predicted octanol–water partition coefficient (Wildman–Crippen LogP) is 3.52. The topological polar surface area (TPSA) is 20.3 Å². The number of carbonyl (C=O) groups excluding carboxylic acids is 1. The van der Waals surface area contributed by atoms with Crippen molar-refractivity contribution in [2.45, 2.75) is 33.1 Å². The Labute approximate surface area is 104 Å². The van der Waals surface area contributed by atoms with Gasteiger partial charge in [-0.3, -0.25) is 4.79 Å². The van der Waals surface area contributed by atoms with E-state index in [1.807, 2.05) is 18.2 Å². The number of aldehydes is 1. The van der Waals surface area contributed by atoms with Crippen LogP contribution in [0.15, 0.2) is 24.3 Å². The van der Waals surface area contributed by atoms with E-state index in [9.17, 15) is 4.79 Å². The van der Waals surface area contributed by atoms with Gasteiger partial charge in [-0.25, -0.2) is 0 Å². The number of anilines is 1. The Morgan fingerprint density at radius 3 is 2.59 bits per heavy atom. The Hall–Kier alpha value is -1.31. The van der Waals surface area contributed by atoms with Crippen molar-refractivity contribution in [3.05, 3.63) is 29.8 Å². The molecule has 2 rings (SSSR count). The van der Waals surface area contributed by atoms with Gasteiger partial charge in [0.15, 0.2) is 6.29 Å². The summed E-state index contributed by atoms with van der Waals surface area (Å²) in [5, 5.41) is 0. The first-order valence-electron chi connectivity index (χ1n) is 6.54. The number of hydrogen-bond acceptors (Lipinski definition) is 2. The third-order valence-corrected chi connectivity index (χ3v) is 4.34. The highest BCUT2D eigenvalue weighted by atomic mass is 16.1. The van der Waals surface area contributed by atoms with E-state index in [1.165, 1.54) is 19.3 Å². The van der Waals surface area contributed by atoms with E-state index in [2.05, 4.69) is 24.8 Å². The summed E-state index contributed by atoms with van der Waals surface area (Å²) >= 11 is 0. The van der Waals surface area contributed by atoms with Crippen molar-refractivity contribution in [3.8, 4) is 0 Å². The van der Waals surface area contributed by atoms with Gasteiger partial charge in [-0.05, 0) is 36.8 Å². The molecule has 0 N–H and O–H groups in total. The van der Waals surface area contributed by atoms with Crippen LogP contribution in [-0.4, -0.2) is 19.4 Å². The molecule has 0 atom stereocenters. The number of benzene rings is 1. The van der Waals surface area contributed by atoms with Gasteiger partial charge in [-0.2, -0.15) is 0 Å². The molecule has 0 aromatic heterocycles. The average molecular weight is 231 g/mol. The first-order chi connectivity index (χ1) is 8.24. The largest absolute Gasteiger partial charge is 0.370 e. The van der Waals surface area contributed by atoms with E-state index < -0.39 is 0 Å². The maximum absolute atomic E-state index is 11.1. The van der Waals surface area contributed by atoms with Crippen LogP contribution in [-0.2, 0) is 0 Å². The molecule has 2 nitrogen and oxygen atoms in total. The Morgan fingerprint density at radius 1 is 1.29 bits per heavy atom. The van der Waals surface area contributed by atoms with Crippen LogP contribution in [0.2, 0.25) is 0 Å². The molecule has 2 heteroatoms. The zero-order chi connectivity index (χ0) is 12.3. The number of nitrogens with zero attached hydrogens (tertiary/aromatic N) is 1. The molecule has 0 radical (unpaired) electrons. The van der Waals surface area contributed by atoms with Gasteiger partial charge in [0.2, 0.25) is 0 Å². The summed E-state index contributed by atoms with van der Waals surface area (Å²) in [6.07, 6.45) is 4.66. The Kier molecular flexibility index (Phi) is 3.51. The van der Waals surface area contributed by atoms with E-state index in [4.69, 9.17) is 0 Å². The summed E-state index contributed by atoms with van der Waals surface area (Å²) in [7, 11) is 0. The fourth-order valence-corrected chi connectivity index (χ4v) is 2.84. The molecule has 1 aromatic rings. The lowest BCUT2D eigenvalue weighted by molar-refractivity contribution is 0.112. The molecule has 0 amide bonds. The Balaban J connectivity index is 2.23. The van der Waals surface area contributed by atoms with Crippen LogP contribution >= 0.6 is 0 Å². The fourth-order valence-electron chi connectivity index (χ4n) is 2.84. The zero-order valence-electron chi connectivity index (χ0n) is 10.8. The fraction of sp³-hybridized carbons (Fsp3) is 0.533. The lowest BCUT2D eigenvalue weighted by Gasteiger charge is -2.27. The standard InChI is InChI=1S/C15H21NO/c1-3-15(4-2)9-10-16(12-15)14-8-6-5-7-13(14)11-17/h5-8,11H,3-4,9-10,12H2,1-2H3. The van der Waals surface area contributed by atoms with Crippen molar-refractivity contribution in [2.75, 3.05) is 18.0 Å². The molecular formula is C15H21NO. The Morgan fingerprint density at radius 2 is 2.00 bits per heavy atom. The number of para-hydroxylation sites is 1. The molecule has 0 unspecified atom stereocenters. The second-order valence-electron chi connectivity index (χ2n) is 5.06. The van der Waals surface area contributed by atoms with E-state index in [0.717, 1.165) is 30.6 Å². The monoisotopic (exact) mass is 231 g/mol. The first kappa shape index (κ1) is 12.2. The molecule has 17 heavy (non-hydrogen) atoms. The zero-order valence-corrected chi connectivity index (χ0v) is 10.8. The SMILES string of the molecule is CCC1(CC)CCN(c2ccccc2C=O)C1. The van der Waals surface area contributed by atoms with Crippen LogP contribution in [0.4, 0.5) is 5.69 Å². The van der Waals surface area contributed by atoms with Gasteiger partial charge >= 0.3 is 0 Å². The second-order valence-corrected chi connectivity index (χ2v) is 5.06. The highest BCUT2D eigenvalue weighted by Gasteiger charge is 2.35. The summed E-state index contributed by atoms with van der Waals surface area (Å²) in [5.74, 6) is 0. The van der Waals surface area contributed by atoms with Crippen molar-refractivity contribution in [1.29, 1.82) is 0 Å². The van der Waals surface area contributed by atoms with Crippen molar-refractivity contribution in [3.63, 3.8) is 0 Å². The van der Waals surface area contributed by atoms with E-state index in [0.29, 0.717) is 5.41 Å². The maximum atomic E-state index is 11.1. The van der Waals surface area contributed by atoms with Crippen molar-refractivity contribution < 1.29 is 4.79 Å². The Bertz CT molecular complexity index is 396. The summed E-state index contributed by atoms with van der Waals surface area (Å²) in [4.78, 5) is 13.4. The third-order valence-electron chi connectivity index (χ3n) is 4.34. The smallest absolute Gasteiger partial charge is 0.152 e. The summed E-state index contributed by atoms with van der Waals surface area (Å²) in [5.41, 5.74) is 2.37. The van der Waals surface area contributed by atoms with E-state index >= 15 is 0 Å². The predicted molar refractivity (Wildman–Crippen MR) is 71.7 cm³/mol. The average Bonchev–Trinajstić information content (AvgIpc) is 2.83. The minimum absolute atomic E-state index is 0.454. The van der Waals surface area contributed by atoms with E-state index in [1.54, 1.807) is 0 Å². The summed E-state index contributed by atoms with van der Waals surface area (Å²) in [6, 6.07) is 7.90. The van der Waals surface area contributed by atoms with E-state index in [-0.39, 0.29) is 0 Å². The van der Waals surface area contributed by atoms with Crippen LogP contribution < -0.4 is 4.90 Å². The molecule has 1 aromatic carbocycles. The van der Waals surface area contributed by atoms with Gasteiger partial charge in [-0.1, -0.05) is 26.0 Å². The van der Waals surface area contributed by atoms with Gasteiger partial charge in [0.1, 0.15) is 0 Å². The van der Waals surface area contributed by atoms with Crippen molar-refractivity contribution >= 4 is 12.0 Å². The molecular weight excluding hydrogens is 210 g/mol. The molecule has 1 heterocycles. The van der Waals surface area contributed by atoms with Crippen LogP contribution in [0.3, 0.4) is 0 Å². The molecule has 0 aliphatic carbocycles. The molecule has 1 aliphatic heterocycles. The minimum Gasteiger partial charge on any atom is -0.370 e. The van der Waals surface area contributed by atoms with Crippen molar-refractivity contribution in [1.82, 2.24) is 0 Å². The van der Waals surface area contributed by atoms with Gasteiger partial charge < -0.3 is 4.90 Å². The van der Waals surface area contributed by atoms with Crippen LogP contribution in [0.5, 0.6) is 0 Å². The molecule has 1 saturated heterocycles. The molecule has 0 bridgehead atoms. The van der Waals surface area contributed by atoms with Gasteiger partial charge in [0.25, 0.3) is 0 Å². The quantitative estimate of drug-likeness (QED) is 0.739. The maximum Gasteiger partial charge on any atom is 0.152 e. The van der Waals surface area contributed by atoms with Crippen LogP contribution in [0.1, 0.15) is 43.5 Å². The highest BCUT2D eigenvalue weighted by molar-refractivity contribution is 5.84. The van der Waals surface area contributed by atoms with Crippen LogP contribution in [0, 0.1) is 5.41 Å². The lowest BCUT2D eigenvalue weighted by atomic mass is 9.82. The summed E-state index contributed by atoms with van der Waals surface area (Å²) < 4.78 is 0. The minimum atomic E-state index is 0.454. The van der Waals surface area contributed by atoms with Gasteiger partial charge in [0.05, 0.1) is 0 Å². The molecule has 1 aliphatic rings. The normalized spacial score (nSPS) is 18.4. The molecule has 1 fully saturated rings. The number of hydrogen-bond donors (Lipinski definition) is 0. The van der Waals surface area contributed by atoms with Gasteiger partial charge in [0, 0.05) is 24.3 Å². The van der Waals surface area contributed by atoms with Gasteiger partial charge in [-0.15, -0.1) is 0 Å². The first-order valence-corrected chi connectivity index (χ1v) is 6.54. The second kappa shape index (κ2) is 4.91. The van der Waals surface area contributed by atoms with Crippen molar-refractivity contribution in [2.24, 2.45) is 5.41 Å². The number of carbonyl (C=O) groups is 1.